The number of nitrogens with zero attached hydrogens (tertiary/aromatic N) is 1. The number of rotatable bonds is 44. The molecule has 0 aromatic rings. The summed E-state index contributed by atoms with van der Waals surface area (Å²) in [5.74, 6) is -1.24. The van der Waals surface area contributed by atoms with E-state index >= 15 is 0 Å². The zero-order valence-corrected chi connectivity index (χ0v) is 41.0. The van der Waals surface area contributed by atoms with Crippen LogP contribution in [0.5, 0.6) is 0 Å². The Morgan fingerprint density at radius 2 is 0.921 bits per heavy atom. The maximum Gasteiger partial charge on any atom is 0.407 e. The van der Waals surface area contributed by atoms with E-state index in [2.05, 4.69) is 86.5 Å². The monoisotopic (exact) mass is 887 g/mol. The highest BCUT2D eigenvalue weighted by Gasteiger charge is 2.22. The van der Waals surface area contributed by atoms with Crippen LogP contribution in [0.15, 0.2) is 48.6 Å². The molecule has 1 unspecified atom stereocenters. The maximum absolute atomic E-state index is 13.1. The van der Waals surface area contributed by atoms with Crippen molar-refractivity contribution in [2.45, 2.75) is 226 Å². The molecular formula is C53H94N2O8. The van der Waals surface area contributed by atoms with Gasteiger partial charge in [0.25, 0.3) is 0 Å². The van der Waals surface area contributed by atoms with Gasteiger partial charge in [0.1, 0.15) is 19.3 Å². The zero-order valence-electron chi connectivity index (χ0n) is 41.0. The summed E-state index contributed by atoms with van der Waals surface area (Å²) in [6.07, 6.45) is 43.6. The van der Waals surface area contributed by atoms with Crippen LogP contribution in [-0.4, -0.2) is 81.0 Å². The third-order valence-corrected chi connectivity index (χ3v) is 10.9. The summed E-state index contributed by atoms with van der Waals surface area (Å²) in [5, 5.41) is 2.79. The molecule has 63 heavy (non-hydrogen) atoms. The smallest absolute Gasteiger partial charge is 0.407 e. The van der Waals surface area contributed by atoms with Gasteiger partial charge in [-0.25, -0.2) is 4.79 Å². The van der Waals surface area contributed by atoms with Gasteiger partial charge in [-0.15, -0.1) is 0 Å². The lowest BCUT2D eigenvalue weighted by Crippen LogP contribution is -2.35. The fourth-order valence-corrected chi connectivity index (χ4v) is 6.71. The highest BCUT2D eigenvalue weighted by Crippen LogP contribution is 2.15. The molecule has 0 radical (unpaired) electrons. The summed E-state index contributed by atoms with van der Waals surface area (Å²) in [6.45, 7) is 10.2. The minimum absolute atomic E-state index is 0.0105. The molecule has 0 heterocycles. The van der Waals surface area contributed by atoms with Crippen LogP contribution in [0.3, 0.4) is 0 Å². The summed E-state index contributed by atoms with van der Waals surface area (Å²) in [5.41, 5.74) is 0. The molecule has 0 saturated carbocycles. The highest BCUT2D eigenvalue weighted by molar-refractivity contribution is 5.71. The first-order valence-electron chi connectivity index (χ1n) is 25.5. The van der Waals surface area contributed by atoms with Gasteiger partial charge in [-0.1, -0.05) is 153 Å². The summed E-state index contributed by atoms with van der Waals surface area (Å²) in [6, 6.07) is 0. The molecule has 0 aliphatic carbocycles. The fourth-order valence-electron chi connectivity index (χ4n) is 6.71. The number of alkyl carbamates (subject to hydrolysis) is 1. The average Bonchev–Trinajstić information content (AvgIpc) is 3.27. The van der Waals surface area contributed by atoms with E-state index in [0.717, 1.165) is 109 Å². The van der Waals surface area contributed by atoms with E-state index in [-0.39, 0.29) is 44.4 Å². The van der Waals surface area contributed by atoms with Gasteiger partial charge in [0.05, 0.1) is 0 Å². The number of unbranched alkanes of at least 4 members (excludes halogenated alkanes) is 17. The van der Waals surface area contributed by atoms with E-state index in [1.54, 1.807) is 0 Å². The number of nitrogens with one attached hydrogen (secondary N) is 1. The third-order valence-electron chi connectivity index (χ3n) is 10.9. The molecule has 1 N–H and O–H groups in total. The molecule has 0 bridgehead atoms. The average molecular weight is 887 g/mol. The van der Waals surface area contributed by atoms with E-state index < -0.39 is 24.3 Å². The second-order valence-corrected chi connectivity index (χ2v) is 17.0. The van der Waals surface area contributed by atoms with E-state index in [1.165, 1.54) is 51.4 Å². The van der Waals surface area contributed by atoms with Crippen LogP contribution in [0.1, 0.15) is 214 Å². The highest BCUT2D eigenvalue weighted by atomic mass is 16.6. The van der Waals surface area contributed by atoms with Crippen LogP contribution in [-0.2, 0) is 33.3 Å². The number of allylic oxidation sites excluding steroid dienone is 8. The van der Waals surface area contributed by atoms with Crippen molar-refractivity contribution < 1.29 is 38.1 Å². The lowest BCUT2D eigenvalue weighted by atomic mass is 10.1. The van der Waals surface area contributed by atoms with Crippen molar-refractivity contribution in [2.75, 3.05) is 39.9 Å². The second-order valence-electron chi connectivity index (χ2n) is 17.0. The molecule has 0 rings (SSSR count). The van der Waals surface area contributed by atoms with E-state index in [4.69, 9.17) is 18.9 Å². The lowest BCUT2D eigenvalue weighted by Gasteiger charge is -2.21. The largest absolute Gasteiger partial charge is 0.462 e. The Balaban J connectivity index is 4.80. The molecule has 0 spiro atoms. The van der Waals surface area contributed by atoms with Crippen molar-refractivity contribution in [3.05, 3.63) is 48.6 Å². The van der Waals surface area contributed by atoms with E-state index in [1.807, 2.05) is 7.05 Å². The molecule has 1 amide bonds. The SMILES string of the molecule is CCCCC/C=C\C/C=C\CCCCCCCC(=O)OCC(COC(=O)CCCCCCC/C=C\C/C=C\CCCCC)OC(=O)CCC(CCCC)OC(=O)NCCN(C)CC. The summed E-state index contributed by atoms with van der Waals surface area (Å²) < 4.78 is 22.4. The Morgan fingerprint density at radius 3 is 1.38 bits per heavy atom. The Morgan fingerprint density at radius 1 is 0.476 bits per heavy atom. The first-order chi connectivity index (χ1) is 30.7. The van der Waals surface area contributed by atoms with Gasteiger partial charge in [-0.2, -0.15) is 0 Å². The van der Waals surface area contributed by atoms with Crippen molar-refractivity contribution in [3.8, 4) is 0 Å². The number of ether oxygens (including phenoxy) is 4. The van der Waals surface area contributed by atoms with Gasteiger partial charge < -0.3 is 29.2 Å². The number of amides is 1. The van der Waals surface area contributed by atoms with Crippen LogP contribution in [0.2, 0.25) is 0 Å². The van der Waals surface area contributed by atoms with Crippen molar-refractivity contribution >= 4 is 24.0 Å². The van der Waals surface area contributed by atoms with Crippen LogP contribution in [0.25, 0.3) is 0 Å². The lowest BCUT2D eigenvalue weighted by molar-refractivity contribution is -0.167. The Bertz CT molecular complexity index is 1150. The quantitative estimate of drug-likeness (QED) is 0.0276. The Kier molecular flexibility index (Phi) is 44.1. The first-order valence-corrected chi connectivity index (χ1v) is 25.5. The zero-order chi connectivity index (χ0) is 46.3. The van der Waals surface area contributed by atoms with Crippen molar-refractivity contribution in [1.82, 2.24) is 10.2 Å². The van der Waals surface area contributed by atoms with Gasteiger partial charge >= 0.3 is 24.0 Å². The standard InChI is InChI=1S/C53H94N2O8/c1-6-10-13-15-17-19-21-23-25-27-29-31-33-35-37-40-50(56)60-46-49(62-52(58)43-42-48(39-12-8-3)63-53(59)54-44-45-55(5)9-4)47-61-51(57)41-38-36-34-32-30-28-26-24-22-20-18-16-14-11-7-2/h17-20,23-26,48-49H,6-16,21-22,27-47H2,1-5H3,(H,54,59)/b19-17-,20-18-,25-23-,26-24-. The van der Waals surface area contributed by atoms with Crippen LogP contribution >= 0.6 is 0 Å². The number of hydrogen-bond acceptors (Lipinski definition) is 9. The van der Waals surface area contributed by atoms with Gasteiger partial charge in [0.15, 0.2) is 6.10 Å². The molecule has 364 valence electrons. The normalized spacial score (nSPS) is 12.4. The van der Waals surface area contributed by atoms with E-state index in [0.29, 0.717) is 25.9 Å². The summed E-state index contributed by atoms with van der Waals surface area (Å²) >= 11 is 0. The Labute approximate surface area is 385 Å². The number of likely N-dealkylation sites (N-methyl/N-ethyl adjacent to an activating group) is 1. The number of carbonyl (C=O) groups excluding carboxylic acids is 4. The van der Waals surface area contributed by atoms with Crippen LogP contribution < -0.4 is 5.32 Å². The fraction of sp³-hybridized carbons (Fsp3) is 0.774. The van der Waals surface area contributed by atoms with Crippen molar-refractivity contribution in [1.29, 1.82) is 0 Å². The molecule has 0 fully saturated rings. The molecule has 10 nitrogen and oxygen atoms in total. The topological polar surface area (TPSA) is 120 Å². The van der Waals surface area contributed by atoms with Crippen molar-refractivity contribution in [3.63, 3.8) is 0 Å². The molecule has 0 aliphatic rings. The maximum atomic E-state index is 13.1. The second kappa shape index (κ2) is 46.6. The molecular weight excluding hydrogens is 793 g/mol. The minimum atomic E-state index is -0.923. The van der Waals surface area contributed by atoms with Crippen LogP contribution in [0, 0.1) is 0 Å². The van der Waals surface area contributed by atoms with Gasteiger partial charge in [-0.05, 0) is 103 Å². The molecule has 1 atom stereocenters. The number of hydrogen-bond donors (Lipinski definition) is 1. The van der Waals surface area contributed by atoms with Gasteiger partial charge in [0.2, 0.25) is 0 Å². The van der Waals surface area contributed by atoms with Crippen molar-refractivity contribution in [2.24, 2.45) is 0 Å². The minimum Gasteiger partial charge on any atom is -0.462 e. The molecule has 10 heteroatoms. The molecule has 0 aliphatic heterocycles. The van der Waals surface area contributed by atoms with E-state index in [9.17, 15) is 19.2 Å². The Hall–Kier alpha value is -3.40. The van der Waals surface area contributed by atoms with Gasteiger partial charge in [0, 0.05) is 32.4 Å². The number of esters is 3. The predicted octanol–water partition coefficient (Wildman–Crippen LogP) is 13.6. The van der Waals surface area contributed by atoms with Gasteiger partial charge in [-0.3, -0.25) is 14.4 Å². The first kappa shape index (κ1) is 59.6. The number of carbonyl (C=O) groups is 4. The molecule has 0 saturated heterocycles. The predicted molar refractivity (Wildman–Crippen MR) is 261 cm³/mol. The third kappa shape index (κ3) is 43.6. The molecule has 0 aromatic heterocycles. The summed E-state index contributed by atoms with van der Waals surface area (Å²) in [7, 11) is 1.98. The van der Waals surface area contributed by atoms with Crippen LogP contribution in [0.4, 0.5) is 4.79 Å². The molecule has 0 aromatic carbocycles. The summed E-state index contributed by atoms with van der Waals surface area (Å²) in [4.78, 5) is 53.0.